The minimum Gasteiger partial charge on any atom is -0.493 e. The Hall–Kier alpha value is -4.13. The number of hydrogen-bond donors (Lipinski definition) is 0. The van der Waals surface area contributed by atoms with Crippen molar-refractivity contribution in [3.8, 4) is 23.0 Å². The summed E-state index contributed by atoms with van der Waals surface area (Å²) in [4.78, 5) is 24.9. The molecule has 164 valence electrons. The van der Waals surface area contributed by atoms with E-state index in [0.29, 0.717) is 28.4 Å². The lowest BCUT2D eigenvalue weighted by Gasteiger charge is -2.13. The summed E-state index contributed by atoms with van der Waals surface area (Å²) in [5.74, 6) is -0.108. The lowest BCUT2D eigenvalue weighted by molar-refractivity contribution is 0.0733. The van der Waals surface area contributed by atoms with Crippen molar-refractivity contribution in [3.63, 3.8) is 0 Å². The monoisotopic (exact) mass is 436 g/mol. The number of hydrogen-bond acceptors (Lipinski definition) is 6. The highest BCUT2D eigenvalue weighted by atomic mass is 19.1. The summed E-state index contributed by atoms with van der Waals surface area (Å²) in [6.45, 7) is 0. The third-order valence-corrected chi connectivity index (χ3v) is 4.57. The molecule has 3 rings (SSSR count). The fraction of sp³-hybridized carbons (Fsp3) is 0.120. The molecule has 0 aliphatic carbocycles. The highest BCUT2D eigenvalue weighted by molar-refractivity contribution is 6.06. The Bertz CT molecular complexity index is 1130. The van der Waals surface area contributed by atoms with Crippen LogP contribution in [0.2, 0.25) is 0 Å². The van der Waals surface area contributed by atoms with Gasteiger partial charge in [0.1, 0.15) is 11.6 Å². The Morgan fingerprint density at radius 3 is 2.00 bits per heavy atom. The fourth-order valence-corrected chi connectivity index (χ4v) is 2.92. The molecule has 0 bridgehead atoms. The highest BCUT2D eigenvalue weighted by Crippen LogP contribution is 2.38. The maximum absolute atomic E-state index is 13.7. The number of ketones is 1. The van der Waals surface area contributed by atoms with Gasteiger partial charge < -0.3 is 18.9 Å². The Morgan fingerprint density at radius 2 is 1.44 bits per heavy atom. The van der Waals surface area contributed by atoms with Crippen LogP contribution in [-0.2, 0) is 0 Å². The molecule has 0 N–H and O–H groups in total. The molecule has 3 aromatic rings. The van der Waals surface area contributed by atoms with Gasteiger partial charge in [0.15, 0.2) is 17.3 Å². The average molecular weight is 436 g/mol. The van der Waals surface area contributed by atoms with Crippen molar-refractivity contribution < 1.29 is 32.9 Å². The zero-order valence-corrected chi connectivity index (χ0v) is 17.8. The lowest BCUT2D eigenvalue weighted by atomic mass is 10.1. The zero-order chi connectivity index (χ0) is 23.1. The van der Waals surface area contributed by atoms with E-state index in [1.807, 2.05) is 0 Å². The maximum atomic E-state index is 13.7. The molecule has 0 spiro atoms. The van der Waals surface area contributed by atoms with Gasteiger partial charge in [-0.25, -0.2) is 9.18 Å². The summed E-state index contributed by atoms with van der Waals surface area (Å²) in [5, 5.41) is 0. The third-order valence-electron chi connectivity index (χ3n) is 4.57. The van der Waals surface area contributed by atoms with Crippen LogP contribution in [0, 0.1) is 5.82 Å². The van der Waals surface area contributed by atoms with Crippen LogP contribution in [0.3, 0.4) is 0 Å². The average Bonchev–Trinajstić information content (AvgIpc) is 2.82. The van der Waals surface area contributed by atoms with Gasteiger partial charge in [-0.3, -0.25) is 4.79 Å². The van der Waals surface area contributed by atoms with E-state index in [1.165, 1.54) is 75.9 Å². The van der Waals surface area contributed by atoms with Crippen LogP contribution in [0.25, 0.3) is 6.08 Å². The minimum atomic E-state index is -0.636. The molecule has 0 aliphatic heterocycles. The van der Waals surface area contributed by atoms with E-state index in [9.17, 15) is 14.0 Å². The van der Waals surface area contributed by atoms with Gasteiger partial charge in [-0.1, -0.05) is 18.2 Å². The first kappa shape index (κ1) is 22.6. The number of carbonyl (C=O) groups is 2. The van der Waals surface area contributed by atoms with E-state index in [-0.39, 0.29) is 17.1 Å². The number of allylic oxidation sites excluding steroid dienone is 1. The van der Waals surface area contributed by atoms with Crippen molar-refractivity contribution in [2.24, 2.45) is 0 Å². The zero-order valence-electron chi connectivity index (χ0n) is 17.8. The Balaban J connectivity index is 1.72. The van der Waals surface area contributed by atoms with Gasteiger partial charge in [-0.15, -0.1) is 0 Å². The summed E-state index contributed by atoms with van der Waals surface area (Å²) in [7, 11) is 4.36. The smallest absolute Gasteiger partial charge is 0.343 e. The molecule has 0 fully saturated rings. The molecular formula is C25H21FO6. The van der Waals surface area contributed by atoms with Crippen LogP contribution in [0.5, 0.6) is 23.0 Å². The molecule has 0 aliphatic rings. The summed E-state index contributed by atoms with van der Waals surface area (Å²) >= 11 is 0. The SMILES string of the molecule is COc1cc(C(=O)Oc2ccc(C(=O)C=Cc3ccccc3F)cc2)cc(OC)c1OC. The summed E-state index contributed by atoms with van der Waals surface area (Å²) in [6.07, 6.45) is 2.70. The van der Waals surface area contributed by atoms with E-state index < -0.39 is 11.8 Å². The van der Waals surface area contributed by atoms with E-state index in [4.69, 9.17) is 18.9 Å². The first-order chi connectivity index (χ1) is 15.5. The highest BCUT2D eigenvalue weighted by Gasteiger charge is 2.18. The Morgan fingerprint density at radius 1 is 0.812 bits per heavy atom. The molecule has 3 aromatic carbocycles. The standard InChI is InChI=1S/C25H21FO6/c1-29-22-14-18(15-23(30-2)24(22)31-3)25(28)32-19-11-8-17(9-12-19)21(27)13-10-16-6-4-5-7-20(16)26/h4-15H,1-3H3. The van der Waals surface area contributed by atoms with Crippen LogP contribution >= 0.6 is 0 Å². The molecule has 0 radical (unpaired) electrons. The van der Waals surface area contributed by atoms with E-state index in [1.54, 1.807) is 18.2 Å². The third kappa shape index (κ3) is 5.13. The first-order valence-corrected chi connectivity index (χ1v) is 9.56. The predicted octanol–water partition coefficient (Wildman–Crippen LogP) is 4.97. The predicted molar refractivity (Wildman–Crippen MR) is 117 cm³/mol. The van der Waals surface area contributed by atoms with Crippen LogP contribution in [-0.4, -0.2) is 33.1 Å². The van der Waals surface area contributed by atoms with Crippen molar-refractivity contribution in [1.82, 2.24) is 0 Å². The van der Waals surface area contributed by atoms with Gasteiger partial charge in [0.25, 0.3) is 0 Å². The Labute approximate surface area is 184 Å². The number of benzene rings is 3. The second-order valence-electron chi connectivity index (χ2n) is 6.55. The largest absolute Gasteiger partial charge is 0.493 e. The number of carbonyl (C=O) groups excluding carboxylic acids is 2. The Kier molecular flexibility index (Phi) is 7.23. The van der Waals surface area contributed by atoms with Gasteiger partial charge in [0.2, 0.25) is 5.75 Å². The molecule has 0 saturated heterocycles. The van der Waals surface area contributed by atoms with Crippen LogP contribution in [0.1, 0.15) is 26.3 Å². The van der Waals surface area contributed by atoms with Crippen LogP contribution in [0.15, 0.2) is 66.7 Å². The molecular weight excluding hydrogens is 415 g/mol. The minimum absolute atomic E-state index is 0.201. The molecule has 0 amide bonds. The number of esters is 1. The second-order valence-corrected chi connectivity index (χ2v) is 6.55. The van der Waals surface area contributed by atoms with Crippen molar-refractivity contribution in [2.75, 3.05) is 21.3 Å². The van der Waals surface area contributed by atoms with Crippen molar-refractivity contribution in [2.45, 2.75) is 0 Å². The van der Waals surface area contributed by atoms with Crippen LogP contribution < -0.4 is 18.9 Å². The number of ether oxygens (including phenoxy) is 4. The molecule has 0 atom stereocenters. The first-order valence-electron chi connectivity index (χ1n) is 9.56. The van der Waals surface area contributed by atoms with E-state index in [2.05, 4.69) is 0 Å². The number of rotatable bonds is 8. The van der Waals surface area contributed by atoms with Crippen LogP contribution in [0.4, 0.5) is 4.39 Å². The molecule has 32 heavy (non-hydrogen) atoms. The molecule has 7 heteroatoms. The molecule has 6 nitrogen and oxygen atoms in total. The normalized spacial score (nSPS) is 10.6. The molecule has 0 saturated carbocycles. The fourth-order valence-electron chi connectivity index (χ4n) is 2.92. The van der Waals surface area contributed by atoms with Crippen molar-refractivity contribution in [3.05, 3.63) is 89.2 Å². The van der Waals surface area contributed by atoms with Crippen molar-refractivity contribution >= 4 is 17.8 Å². The second kappa shape index (κ2) is 10.3. The molecule has 0 aromatic heterocycles. The van der Waals surface area contributed by atoms with Gasteiger partial charge in [-0.2, -0.15) is 0 Å². The molecule has 0 heterocycles. The van der Waals surface area contributed by atoms with Crippen molar-refractivity contribution in [1.29, 1.82) is 0 Å². The summed E-state index contributed by atoms with van der Waals surface area (Å²) in [6, 6.07) is 15.2. The van der Waals surface area contributed by atoms with E-state index >= 15 is 0 Å². The van der Waals surface area contributed by atoms with Gasteiger partial charge in [0.05, 0.1) is 26.9 Å². The lowest BCUT2D eigenvalue weighted by Crippen LogP contribution is -2.10. The maximum Gasteiger partial charge on any atom is 0.343 e. The number of halogens is 1. The summed E-state index contributed by atoms with van der Waals surface area (Å²) < 4.78 is 34.8. The van der Waals surface area contributed by atoms with E-state index in [0.717, 1.165) is 0 Å². The molecule has 0 unspecified atom stereocenters. The van der Waals surface area contributed by atoms with Gasteiger partial charge >= 0.3 is 5.97 Å². The van der Waals surface area contributed by atoms with Gasteiger partial charge in [0, 0.05) is 11.1 Å². The van der Waals surface area contributed by atoms with Gasteiger partial charge in [-0.05, 0) is 54.6 Å². The number of methoxy groups -OCH3 is 3. The summed E-state index contributed by atoms with van der Waals surface area (Å²) in [5.41, 5.74) is 0.884. The topological polar surface area (TPSA) is 71.1 Å². The quantitative estimate of drug-likeness (QED) is 0.215.